The Hall–Kier alpha value is -1.15. The maximum atomic E-state index is 15.0. The number of fused-ring (bicyclic) bond motifs is 1. The summed E-state index contributed by atoms with van der Waals surface area (Å²) in [6.45, 7) is 4.53. The van der Waals surface area contributed by atoms with Crippen molar-refractivity contribution in [3.63, 3.8) is 0 Å². The van der Waals surface area contributed by atoms with Crippen molar-refractivity contribution in [1.82, 2.24) is 0 Å². The molecule has 1 aromatic heterocycles. The highest BCUT2D eigenvalue weighted by atomic mass is 32.1. The van der Waals surface area contributed by atoms with Crippen molar-refractivity contribution in [2.24, 2.45) is 23.7 Å². The minimum Gasteiger partial charge on any atom is -0.205 e. The molecule has 29 heavy (non-hydrogen) atoms. The summed E-state index contributed by atoms with van der Waals surface area (Å²) in [5.41, 5.74) is 0.766. The van der Waals surface area contributed by atoms with Gasteiger partial charge in [-0.05, 0) is 80.1 Å². The van der Waals surface area contributed by atoms with Gasteiger partial charge in [-0.15, -0.1) is 11.3 Å². The molecule has 0 atom stereocenters. The van der Waals surface area contributed by atoms with Crippen molar-refractivity contribution in [2.75, 3.05) is 0 Å². The first-order valence-electron chi connectivity index (χ1n) is 12.1. The summed E-state index contributed by atoms with van der Waals surface area (Å²) in [6.07, 6.45) is 19.1. The molecule has 1 heterocycles. The molecule has 1 aromatic carbocycles. The lowest BCUT2D eigenvalue weighted by atomic mass is 9.69. The van der Waals surface area contributed by atoms with Crippen molar-refractivity contribution in [2.45, 2.75) is 84.5 Å². The zero-order valence-electron chi connectivity index (χ0n) is 18.3. The molecule has 158 valence electrons. The normalized spacial score (nSPS) is 28.4. The van der Waals surface area contributed by atoms with Crippen molar-refractivity contribution in [3.05, 3.63) is 40.5 Å². The molecular formula is C27H37FS. The summed E-state index contributed by atoms with van der Waals surface area (Å²) in [4.78, 5) is 1.30. The number of benzene rings is 1. The topological polar surface area (TPSA) is 0 Å². The smallest absolute Gasteiger partial charge is 0.148 e. The highest BCUT2D eigenvalue weighted by Crippen LogP contribution is 2.42. The van der Waals surface area contributed by atoms with E-state index < -0.39 is 0 Å². The Morgan fingerprint density at radius 3 is 2.31 bits per heavy atom. The van der Waals surface area contributed by atoms with Crippen LogP contribution in [0, 0.1) is 29.5 Å². The number of hydrogen-bond donors (Lipinski definition) is 0. The van der Waals surface area contributed by atoms with E-state index in [2.05, 4.69) is 38.1 Å². The first kappa shape index (κ1) is 21.1. The number of halogens is 1. The molecule has 0 spiro atoms. The standard InChI is InChI=1S/C27H37FS/c1-3-5-25-18-24-17-16-23(26(28)27(24)29-25)15-10-20-8-13-22(14-9-20)21-11-6-19(4-2)7-12-21/h10,15-22H,3-9,11-14H2,1-2H3/b15-10+. The summed E-state index contributed by atoms with van der Waals surface area (Å²) in [6, 6.07) is 6.22. The molecule has 0 bridgehead atoms. The largest absolute Gasteiger partial charge is 0.205 e. The van der Waals surface area contributed by atoms with Crippen LogP contribution in [0.5, 0.6) is 0 Å². The van der Waals surface area contributed by atoms with Gasteiger partial charge in [-0.1, -0.05) is 63.8 Å². The van der Waals surface area contributed by atoms with E-state index in [1.54, 1.807) is 11.3 Å². The van der Waals surface area contributed by atoms with E-state index in [-0.39, 0.29) is 5.82 Å². The lowest BCUT2D eigenvalue weighted by Gasteiger charge is -2.37. The van der Waals surface area contributed by atoms with Crippen LogP contribution in [0.1, 0.15) is 88.5 Å². The molecule has 2 fully saturated rings. The lowest BCUT2D eigenvalue weighted by molar-refractivity contribution is 0.154. The number of rotatable bonds is 6. The lowest BCUT2D eigenvalue weighted by Crippen LogP contribution is -2.25. The van der Waals surface area contributed by atoms with Gasteiger partial charge in [0.2, 0.25) is 0 Å². The third-order valence-electron chi connectivity index (χ3n) is 7.70. The second-order valence-electron chi connectivity index (χ2n) is 9.57. The van der Waals surface area contributed by atoms with E-state index in [1.807, 2.05) is 6.07 Å². The Bertz CT molecular complexity index is 816. The molecule has 0 saturated heterocycles. The van der Waals surface area contributed by atoms with Crippen molar-refractivity contribution >= 4 is 27.5 Å². The summed E-state index contributed by atoms with van der Waals surface area (Å²) in [5, 5.41) is 1.06. The van der Waals surface area contributed by atoms with Gasteiger partial charge in [0.25, 0.3) is 0 Å². The van der Waals surface area contributed by atoms with Gasteiger partial charge in [-0.2, -0.15) is 0 Å². The van der Waals surface area contributed by atoms with Gasteiger partial charge in [0.05, 0.1) is 4.70 Å². The third kappa shape index (κ3) is 4.95. The van der Waals surface area contributed by atoms with Crippen LogP contribution in [0.25, 0.3) is 16.2 Å². The molecule has 0 aliphatic heterocycles. The van der Waals surface area contributed by atoms with Crippen LogP contribution in [0.15, 0.2) is 24.3 Å². The monoisotopic (exact) mass is 412 g/mol. The minimum atomic E-state index is -0.0209. The predicted octanol–water partition coefficient (Wildman–Crippen LogP) is 9.03. The zero-order valence-corrected chi connectivity index (χ0v) is 19.1. The highest BCUT2D eigenvalue weighted by molar-refractivity contribution is 7.19. The third-order valence-corrected chi connectivity index (χ3v) is 8.91. The first-order valence-corrected chi connectivity index (χ1v) is 12.9. The summed E-state index contributed by atoms with van der Waals surface area (Å²) < 4.78 is 15.8. The molecule has 2 heteroatoms. The van der Waals surface area contributed by atoms with E-state index in [1.165, 1.54) is 62.7 Å². The van der Waals surface area contributed by atoms with Crippen LogP contribution >= 0.6 is 11.3 Å². The summed E-state index contributed by atoms with van der Waals surface area (Å²) in [5.74, 6) is 3.55. The molecule has 2 aliphatic carbocycles. The number of allylic oxidation sites excluding steroid dienone is 1. The fraction of sp³-hybridized carbons (Fsp3) is 0.630. The fourth-order valence-corrected chi connectivity index (χ4v) is 6.96. The molecular weight excluding hydrogens is 375 g/mol. The maximum absolute atomic E-state index is 15.0. The van der Waals surface area contributed by atoms with Gasteiger partial charge in [0, 0.05) is 10.4 Å². The van der Waals surface area contributed by atoms with Gasteiger partial charge in [-0.25, -0.2) is 4.39 Å². The molecule has 0 radical (unpaired) electrons. The first-order chi connectivity index (χ1) is 14.2. The van der Waals surface area contributed by atoms with Crippen molar-refractivity contribution < 1.29 is 4.39 Å². The SMILES string of the molecule is CCCc1cc2ccc(/C=C/C3CCC(C4CCC(CC)CC4)CC3)c(F)c2s1. The van der Waals surface area contributed by atoms with Crippen LogP contribution in [0.3, 0.4) is 0 Å². The fourth-order valence-electron chi connectivity index (χ4n) is 5.75. The number of aryl methyl sites for hydroxylation is 1. The van der Waals surface area contributed by atoms with Crippen molar-refractivity contribution in [1.29, 1.82) is 0 Å². The number of hydrogen-bond acceptors (Lipinski definition) is 1. The average molecular weight is 413 g/mol. The van der Waals surface area contributed by atoms with Crippen LogP contribution in [-0.2, 0) is 6.42 Å². The van der Waals surface area contributed by atoms with Crippen LogP contribution in [0.2, 0.25) is 0 Å². The molecule has 2 aliphatic rings. The molecule has 2 aromatic rings. The second-order valence-corrected chi connectivity index (χ2v) is 10.7. The van der Waals surface area contributed by atoms with E-state index in [0.29, 0.717) is 5.92 Å². The van der Waals surface area contributed by atoms with Crippen LogP contribution in [0.4, 0.5) is 4.39 Å². The van der Waals surface area contributed by atoms with Gasteiger partial charge in [-0.3, -0.25) is 0 Å². The Morgan fingerprint density at radius 1 is 0.966 bits per heavy atom. The highest BCUT2D eigenvalue weighted by Gasteiger charge is 2.29. The maximum Gasteiger partial charge on any atom is 0.148 e. The molecule has 4 rings (SSSR count). The van der Waals surface area contributed by atoms with E-state index in [4.69, 9.17) is 0 Å². The molecule has 0 amide bonds. The Balaban J connectivity index is 1.34. The van der Waals surface area contributed by atoms with E-state index >= 15 is 4.39 Å². The minimum absolute atomic E-state index is 0.0209. The average Bonchev–Trinajstić information content (AvgIpc) is 3.18. The van der Waals surface area contributed by atoms with Gasteiger partial charge >= 0.3 is 0 Å². The quantitative estimate of drug-likeness (QED) is 0.444. The Labute approximate surface area is 180 Å². The molecule has 0 unspecified atom stereocenters. The van der Waals surface area contributed by atoms with Crippen LogP contribution < -0.4 is 0 Å². The van der Waals surface area contributed by atoms with E-state index in [0.717, 1.165) is 46.2 Å². The Kier molecular flexibility index (Phi) is 7.11. The van der Waals surface area contributed by atoms with Gasteiger partial charge in [0.15, 0.2) is 0 Å². The van der Waals surface area contributed by atoms with E-state index in [9.17, 15) is 0 Å². The van der Waals surface area contributed by atoms with Gasteiger partial charge in [0.1, 0.15) is 5.82 Å². The predicted molar refractivity (Wildman–Crippen MR) is 126 cm³/mol. The molecule has 0 N–H and O–H groups in total. The second kappa shape index (κ2) is 9.77. The van der Waals surface area contributed by atoms with Crippen LogP contribution in [-0.4, -0.2) is 0 Å². The summed E-state index contributed by atoms with van der Waals surface area (Å²) >= 11 is 1.63. The molecule has 2 saturated carbocycles. The number of thiophene rings is 1. The van der Waals surface area contributed by atoms with Crippen molar-refractivity contribution in [3.8, 4) is 0 Å². The zero-order chi connectivity index (χ0) is 20.2. The Morgan fingerprint density at radius 2 is 1.66 bits per heavy atom. The molecule has 0 nitrogen and oxygen atoms in total. The summed E-state index contributed by atoms with van der Waals surface area (Å²) in [7, 11) is 0. The van der Waals surface area contributed by atoms with Gasteiger partial charge < -0.3 is 0 Å².